The van der Waals surface area contributed by atoms with Crippen LogP contribution in [0.15, 0.2) is 42.6 Å². The van der Waals surface area contributed by atoms with Gasteiger partial charge in [-0.3, -0.25) is 9.59 Å². The Morgan fingerprint density at radius 3 is 2.37 bits per heavy atom. The van der Waals surface area contributed by atoms with E-state index in [4.69, 9.17) is 4.74 Å². The molecule has 1 heterocycles. The number of anilines is 2. The maximum absolute atomic E-state index is 12.8. The van der Waals surface area contributed by atoms with E-state index in [9.17, 15) is 9.59 Å². The molecule has 1 unspecified atom stereocenters. The number of hydrogen-bond acceptors (Lipinski definition) is 7. The molecule has 1 aliphatic rings. The molecule has 2 N–H and O–H groups in total. The molecule has 1 aromatic carbocycles. The molecule has 8 heteroatoms. The number of amides is 1. The number of rotatable bonds is 7. The zero-order valence-corrected chi connectivity index (χ0v) is 17.7. The van der Waals surface area contributed by atoms with Crippen molar-refractivity contribution in [3.63, 3.8) is 0 Å². The predicted molar refractivity (Wildman–Crippen MR) is 115 cm³/mol. The normalized spacial score (nSPS) is 19.4. The topological polar surface area (TPSA) is 96.5 Å². The molecular weight excluding hydrogens is 382 g/mol. The minimum atomic E-state index is -0.929. The first-order valence-corrected chi connectivity index (χ1v) is 10.2. The Balaban J connectivity index is 1.53. The third-order valence-electron chi connectivity index (χ3n) is 5.13. The van der Waals surface area contributed by atoms with Crippen molar-refractivity contribution >= 4 is 23.6 Å². The Hall–Kier alpha value is -3.16. The highest BCUT2D eigenvalue weighted by Crippen LogP contribution is 2.24. The van der Waals surface area contributed by atoms with Crippen LogP contribution in [0, 0.1) is 0 Å². The van der Waals surface area contributed by atoms with Gasteiger partial charge in [-0.05, 0) is 31.7 Å². The van der Waals surface area contributed by atoms with E-state index in [1.807, 2.05) is 43.3 Å². The van der Waals surface area contributed by atoms with Gasteiger partial charge in [0.05, 0.1) is 0 Å². The summed E-state index contributed by atoms with van der Waals surface area (Å²) in [6.07, 6.45) is 4.27. The summed E-state index contributed by atoms with van der Waals surface area (Å²) in [4.78, 5) is 35.0. The van der Waals surface area contributed by atoms with Gasteiger partial charge in [-0.25, -0.2) is 4.98 Å². The lowest BCUT2D eigenvalue weighted by Crippen LogP contribution is -2.43. The molecule has 2 aromatic rings. The highest BCUT2D eigenvalue weighted by molar-refractivity contribution is 5.84. The van der Waals surface area contributed by atoms with Crippen LogP contribution in [0.25, 0.3) is 0 Å². The Labute approximate surface area is 177 Å². The second-order valence-corrected chi connectivity index (χ2v) is 7.73. The maximum Gasteiger partial charge on any atom is 0.303 e. The SMILES string of the molecule is CC(=O)OC(C(=O)NC1CCC(Nc2nccc(N(C)C)n2)CC1)c1ccccc1. The van der Waals surface area contributed by atoms with E-state index in [0.717, 1.165) is 31.5 Å². The van der Waals surface area contributed by atoms with Gasteiger partial charge in [0, 0.05) is 44.9 Å². The predicted octanol–water partition coefficient (Wildman–Crippen LogP) is 2.69. The average Bonchev–Trinajstić information content (AvgIpc) is 2.74. The van der Waals surface area contributed by atoms with Gasteiger partial charge in [0.15, 0.2) is 0 Å². The van der Waals surface area contributed by atoms with Gasteiger partial charge in [-0.2, -0.15) is 4.98 Å². The van der Waals surface area contributed by atoms with Crippen LogP contribution in [0.2, 0.25) is 0 Å². The van der Waals surface area contributed by atoms with Crippen molar-refractivity contribution in [1.29, 1.82) is 0 Å². The van der Waals surface area contributed by atoms with Crippen molar-refractivity contribution in [3.05, 3.63) is 48.2 Å². The van der Waals surface area contributed by atoms with Crippen molar-refractivity contribution in [2.75, 3.05) is 24.3 Å². The summed E-state index contributed by atoms with van der Waals surface area (Å²) in [5.41, 5.74) is 0.665. The largest absolute Gasteiger partial charge is 0.447 e. The highest BCUT2D eigenvalue weighted by Gasteiger charge is 2.28. The van der Waals surface area contributed by atoms with E-state index >= 15 is 0 Å². The first-order chi connectivity index (χ1) is 14.4. The lowest BCUT2D eigenvalue weighted by molar-refractivity contribution is -0.154. The lowest BCUT2D eigenvalue weighted by Gasteiger charge is -2.30. The third-order valence-corrected chi connectivity index (χ3v) is 5.13. The molecule has 1 aromatic heterocycles. The number of nitrogens with zero attached hydrogens (tertiary/aromatic N) is 3. The van der Waals surface area contributed by atoms with Crippen LogP contribution in [-0.2, 0) is 14.3 Å². The fraction of sp³-hybridized carbons (Fsp3) is 0.455. The number of carbonyl (C=O) groups excluding carboxylic acids is 2. The second-order valence-electron chi connectivity index (χ2n) is 7.73. The quantitative estimate of drug-likeness (QED) is 0.676. The van der Waals surface area contributed by atoms with E-state index in [2.05, 4.69) is 20.6 Å². The first kappa shape index (κ1) is 21.5. The number of benzene rings is 1. The molecule has 3 rings (SSSR count). The van der Waals surface area contributed by atoms with Gasteiger partial charge in [-0.15, -0.1) is 0 Å². The van der Waals surface area contributed by atoms with Crippen LogP contribution in [0.4, 0.5) is 11.8 Å². The molecule has 160 valence electrons. The smallest absolute Gasteiger partial charge is 0.303 e. The van der Waals surface area contributed by atoms with Crippen molar-refractivity contribution in [3.8, 4) is 0 Å². The molecule has 1 aliphatic carbocycles. The van der Waals surface area contributed by atoms with Crippen LogP contribution >= 0.6 is 0 Å². The van der Waals surface area contributed by atoms with Gasteiger partial charge >= 0.3 is 5.97 Å². The summed E-state index contributed by atoms with van der Waals surface area (Å²) in [6, 6.07) is 11.3. The van der Waals surface area contributed by atoms with Crippen LogP contribution in [0.1, 0.15) is 44.3 Å². The van der Waals surface area contributed by atoms with Crippen LogP contribution in [0.5, 0.6) is 0 Å². The van der Waals surface area contributed by atoms with Crippen molar-refractivity contribution in [1.82, 2.24) is 15.3 Å². The number of ether oxygens (including phenoxy) is 1. The highest BCUT2D eigenvalue weighted by atomic mass is 16.5. The number of esters is 1. The standard InChI is InChI=1S/C22H29N5O3/c1-15(28)30-20(16-7-5-4-6-8-16)21(29)24-17-9-11-18(12-10-17)25-22-23-14-13-19(26-22)27(2)3/h4-8,13-14,17-18,20H,9-12H2,1-3H3,(H,24,29)(H,23,25,26). The van der Waals surface area contributed by atoms with Gasteiger partial charge in [-0.1, -0.05) is 30.3 Å². The Bertz CT molecular complexity index is 851. The van der Waals surface area contributed by atoms with E-state index in [1.54, 1.807) is 18.3 Å². The number of carbonyl (C=O) groups is 2. The second kappa shape index (κ2) is 10.0. The summed E-state index contributed by atoms with van der Waals surface area (Å²) in [6.45, 7) is 1.31. The number of nitrogens with one attached hydrogen (secondary N) is 2. The van der Waals surface area contributed by atoms with Gasteiger partial charge in [0.2, 0.25) is 12.1 Å². The molecule has 1 fully saturated rings. The molecule has 1 amide bonds. The van der Waals surface area contributed by atoms with Crippen molar-refractivity contribution in [2.45, 2.75) is 50.8 Å². The average molecular weight is 412 g/mol. The van der Waals surface area contributed by atoms with E-state index < -0.39 is 12.1 Å². The maximum atomic E-state index is 12.8. The zero-order valence-electron chi connectivity index (χ0n) is 17.7. The Kier molecular flexibility index (Phi) is 7.21. The summed E-state index contributed by atoms with van der Waals surface area (Å²) in [7, 11) is 3.89. The Morgan fingerprint density at radius 1 is 1.07 bits per heavy atom. The third kappa shape index (κ3) is 5.92. The molecule has 1 saturated carbocycles. The van der Waals surface area contributed by atoms with Gasteiger partial charge < -0.3 is 20.3 Å². The minimum absolute atomic E-state index is 0.0475. The molecule has 0 bridgehead atoms. The molecule has 0 saturated heterocycles. The fourth-order valence-electron chi connectivity index (χ4n) is 3.58. The number of aromatic nitrogens is 2. The molecule has 1 atom stereocenters. The van der Waals surface area contributed by atoms with Gasteiger partial charge in [0.25, 0.3) is 5.91 Å². The summed E-state index contributed by atoms with van der Waals surface area (Å²) >= 11 is 0. The van der Waals surface area contributed by atoms with Crippen LogP contribution < -0.4 is 15.5 Å². The van der Waals surface area contributed by atoms with E-state index in [0.29, 0.717) is 11.5 Å². The summed E-state index contributed by atoms with van der Waals surface area (Å²) in [5.74, 6) is 0.709. The molecular formula is C22H29N5O3. The molecule has 0 aliphatic heterocycles. The lowest BCUT2D eigenvalue weighted by atomic mass is 9.91. The Morgan fingerprint density at radius 2 is 1.73 bits per heavy atom. The number of hydrogen-bond donors (Lipinski definition) is 2. The zero-order chi connectivity index (χ0) is 21.5. The van der Waals surface area contributed by atoms with E-state index in [1.165, 1.54) is 6.92 Å². The molecule has 30 heavy (non-hydrogen) atoms. The monoisotopic (exact) mass is 411 g/mol. The molecule has 0 radical (unpaired) electrons. The minimum Gasteiger partial charge on any atom is -0.447 e. The van der Waals surface area contributed by atoms with Crippen molar-refractivity contribution in [2.24, 2.45) is 0 Å². The van der Waals surface area contributed by atoms with E-state index in [-0.39, 0.29) is 18.0 Å². The van der Waals surface area contributed by atoms with Crippen LogP contribution in [0.3, 0.4) is 0 Å². The summed E-state index contributed by atoms with van der Waals surface area (Å²) < 4.78 is 5.29. The molecule has 0 spiro atoms. The molecule has 8 nitrogen and oxygen atoms in total. The van der Waals surface area contributed by atoms with Crippen molar-refractivity contribution < 1.29 is 14.3 Å². The van der Waals surface area contributed by atoms with Gasteiger partial charge in [0.1, 0.15) is 5.82 Å². The summed E-state index contributed by atoms with van der Waals surface area (Å²) in [5, 5.41) is 6.44. The van der Waals surface area contributed by atoms with Crippen LogP contribution in [-0.4, -0.2) is 48.0 Å². The first-order valence-electron chi connectivity index (χ1n) is 10.2. The fourth-order valence-corrected chi connectivity index (χ4v) is 3.58.